The highest BCUT2D eigenvalue weighted by molar-refractivity contribution is 6.30. The van der Waals surface area contributed by atoms with Gasteiger partial charge in [0, 0.05) is 25.7 Å². The van der Waals surface area contributed by atoms with Gasteiger partial charge in [0.05, 0.1) is 11.8 Å². The Morgan fingerprint density at radius 3 is 2.36 bits per heavy atom. The molecule has 0 radical (unpaired) electrons. The Bertz CT molecular complexity index is 1040. The molecule has 1 fully saturated rings. The highest BCUT2D eigenvalue weighted by atomic mass is 35.5. The molecule has 1 aliphatic rings. The number of halogens is 1. The van der Waals surface area contributed by atoms with Crippen molar-refractivity contribution in [1.29, 1.82) is 0 Å². The molecule has 1 aliphatic heterocycles. The van der Waals surface area contributed by atoms with E-state index >= 15 is 0 Å². The van der Waals surface area contributed by atoms with Crippen LogP contribution >= 0.6 is 11.6 Å². The second kappa shape index (κ2) is 10.3. The largest absolute Gasteiger partial charge is 0.459 e. The summed E-state index contributed by atoms with van der Waals surface area (Å²) in [4.78, 5) is 50.9. The Balaban J connectivity index is 1.78. The van der Waals surface area contributed by atoms with Gasteiger partial charge < -0.3 is 14.5 Å². The van der Waals surface area contributed by atoms with E-state index in [1.165, 1.54) is 0 Å². The lowest BCUT2D eigenvalue weighted by molar-refractivity contribution is -0.135. The number of ether oxygens (including phenoxy) is 1. The summed E-state index contributed by atoms with van der Waals surface area (Å²) < 4.78 is 5.32. The molecule has 1 aromatic heterocycles. The van der Waals surface area contributed by atoms with Gasteiger partial charge >= 0.3 is 5.97 Å². The smallest absolute Gasteiger partial charge is 0.342 e. The van der Waals surface area contributed by atoms with E-state index in [2.05, 4.69) is 9.97 Å². The van der Waals surface area contributed by atoms with E-state index in [0.29, 0.717) is 31.2 Å². The Morgan fingerprint density at radius 1 is 1.09 bits per heavy atom. The van der Waals surface area contributed by atoms with Crippen LogP contribution in [0.25, 0.3) is 0 Å². The molecule has 0 aliphatic carbocycles. The summed E-state index contributed by atoms with van der Waals surface area (Å²) in [5.74, 6) is -0.812. The maximum atomic E-state index is 13.4. The molecule has 33 heavy (non-hydrogen) atoms. The number of aromatic nitrogens is 2. The molecule has 0 N–H and O–H groups in total. The van der Waals surface area contributed by atoms with Gasteiger partial charge in [0.15, 0.2) is 0 Å². The van der Waals surface area contributed by atoms with Crippen molar-refractivity contribution in [2.24, 2.45) is 0 Å². The number of esters is 1. The van der Waals surface area contributed by atoms with Gasteiger partial charge in [-0.05, 0) is 40.2 Å². The molecule has 2 heterocycles. The van der Waals surface area contributed by atoms with Gasteiger partial charge in [0.25, 0.3) is 5.91 Å². The number of alkyl halides is 1. The first-order valence-electron chi connectivity index (χ1n) is 10.9. The Kier molecular flexibility index (Phi) is 7.68. The highest BCUT2D eigenvalue weighted by Gasteiger charge is 2.35. The average molecular weight is 473 g/mol. The van der Waals surface area contributed by atoms with Gasteiger partial charge in [-0.3, -0.25) is 9.59 Å². The van der Waals surface area contributed by atoms with Crippen molar-refractivity contribution >= 4 is 29.4 Å². The molecule has 8 nitrogen and oxygen atoms in total. The van der Waals surface area contributed by atoms with Crippen molar-refractivity contribution < 1.29 is 19.1 Å². The quantitative estimate of drug-likeness (QED) is 0.489. The number of benzene rings is 1. The van der Waals surface area contributed by atoms with Gasteiger partial charge in [-0.2, -0.15) is 0 Å². The van der Waals surface area contributed by atoms with Crippen LogP contribution < -0.4 is 0 Å². The third-order valence-electron chi connectivity index (χ3n) is 5.46. The number of aryl methyl sites for hydroxylation is 2. The Morgan fingerprint density at radius 2 is 1.76 bits per heavy atom. The first-order chi connectivity index (χ1) is 15.6. The van der Waals surface area contributed by atoms with E-state index < -0.39 is 11.3 Å². The van der Waals surface area contributed by atoms with Crippen molar-refractivity contribution in [3.8, 4) is 0 Å². The molecule has 0 spiro atoms. The van der Waals surface area contributed by atoms with Crippen molar-refractivity contribution in [3.63, 3.8) is 0 Å². The number of nitrogens with zero attached hydrogens (tertiary/aromatic N) is 4. The highest BCUT2D eigenvalue weighted by Crippen LogP contribution is 2.26. The van der Waals surface area contributed by atoms with Gasteiger partial charge in [-0.15, -0.1) is 11.6 Å². The molecule has 176 valence electrons. The molecule has 1 saturated heterocycles. The number of amides is 2. The first-order valence-corrected chi connectivity index (χ1v) is 11.4. The normalized spacial score (nSPS) is 17.1. The van der Waals surface area contributed by atoms with Crippen LogP contribution in [0.1, 0.15) is 64.1 Å². The summed E-state index contributed by atoms with van der Waals surface area (Å²) in [6.45, 7) is 9.60. The second-order valence-corrected chi connectivity index (χ2v) is 8.88. The van der Waals surface area contributed by atoms with E-state index in [1.807, 2.05) is 37.3 Å². The number of hydrogen-bond acceptors (Lipinski definition) is 6. The van der Waals surface area contributed by atoms with Crippen molar-refractivity contribution in [1.82, 2.24) is 19.8 Å². The van der Waals surface area contributed by atoms with E-state index in [9.17, 15) is 14.4 Å². The Hall–Kier alpha value is -3.00. The molecule has 9 heteroatoms. The third-order valence-corrected chi connectivity index (χ3v) is 5.90. The number of carbonyl (C=O) groups is 3. The van der Waals surface area contributed by atoms with Gasteiger partial charge in [-0.25, -0.2) is 14.8 Å². The molecule has 0 bridgehead atoms. The summed E-state index contributed by atoms with van der Waals surface area (Å²) in [5, 5.41) is -0.791. The summed E-state index contributed by atoms with van der Waals surface area (Å²) in [7, 11) is 0. The standard InChI is InChI=1S/C24H29ClN4O4/c1-14(2)33-24(32)19-16(4)26-17(5)27-21(19)23(31)28-11-12-29(15(3)13-28)22(30)20(25)18-9-7-6-8-10-18/h6-10,14-15,20H,11-13H2,1-5H3. The fourth-order valence-corrected chi connectivity index (χ4v) is 4.19. The minimum absolute atomic E-state index is 0.0251. The van der Waals surface area contributed by atoms with Crippen LogP contribution in [0, 0.1) is 13.8 Å². The van der Waals surface area contributed by atoms with E-state index in [0.717, 1.165) is 5.56 Å². The van der Waals surface area contributed by atoms with Crippen molar-refractivity contribution in [3.05, 3.63) is 58.7 Å². The monoisotopic (exact) mass is 472 g/mol. The third kappa shape index (κ3) is 5.50. The zero-order valence-corrected chi connectivity index (χ0v) is 20.3. The average Bonchev–Trinajstić information content (AvgIpc) is 2.77. The predicted octanol–water partition coefficient (Wildman–Crippen LogP) is 3.31. The molecular weight excluding hydrogens is 444 g/mol. The van der Waals surface area contributed by atoms with Crippen molar-refractivity contribution in [2.75, 3.05) is 19.6 Å². The zero-order chi connectivity index (χ0) is 24.3. The Labute approximate surface area is 198 Å². The topological polar surface area (TPSA) is 92.7 Å². The van der Waals surface area contributed by atoms with E-state index in [4.69, 9.17) is 16.3 Å². The van der Waals surface area contributed by atoms with Crippen LogP contribution in [0.15, 0.2) is 30.3 Å². The summed E-state index contributed by atoms with van der Waals surface area (Å²) >= 11 is 6.44. The first kappa shape index (κ1) is 24.6. The second-order valence-electron chi connectivity index (χ2n) is 8.44. The predicted molar refractivity (Wildman–Crippen MR) is 124 cm³/mol. The molecule has 2 unspecified atom stereocenters. The number of piperazine rings is 1. The maximum absolute atomic E-state index is 13.4. The zero-order valence-electron chi connectivity index (χ0n) is 19.5. The van der Waals surface area contributed by atoms with Gasteiger partial charge in [-0.1, -0.05) is 30.3 Å². The van der Waals surface area contributed by atoms with Gasteiger partial charge in [0.2, 0.25) is 5.91 Å². The fourth-order valence-electron chi connectivity index (χ4n) is 3.91. The number of carbonyl (C=O) groups excluding carboxylic acids is 3. The van der Waals surface area contributed by atoms with Crippen LogP contribution in [0.2, 0.25) is 0 Å². The van der Waals surface area contributed by atoms with E-state index in [-0.39, 0.29) is 35.2 Å². The maximum Gasteiger partial charge on any atom is 0.342 e. The van der Waals surface area contributed by atoms with E-state index in [1.54, 1.807) is 37.5 Å². The minimum Gasteiger partial charge on any atom is -0.459 e. The minimum atomic E-state index is -0.791. The van der Waals surface area contributed by atoms with Crippen LogP contribution in [0.4, 0.5) is 0 Å². The van der Waals surface area contributed by atoms with Crippen LogP contribution in [-0.4, -0.2) is 69.3 Å². The molecule has 2 amide bonds. The van der Waals surface area contributed by atoms with Crippen LogP contribution in [0.3, 0.4) is 0 Å². The summed E-state index contributed by atoms with van der Waals surface area (Å²) in [6.07, 6.45) is -0.344. The molecular formula is C24H29ClN4O4. The molecule has 2 atom stereocenters. The molecule has 1 aromatic carbocycles. The SMILES string of the molecule is Cc1nc(C)c(C(=O)OC(C)C)c(C(=O)N2CCN(C(=O)C(Cl)c3ccccc3)C(C)C2)n1. The van der Waals surface area contributed by atoms with Crippen molar-refractivity contribution in [2.45, 2.75) is 52.1 Å². The number of rotatable bonds is 5. The fraction of sp³-hybridized carbons (Fsp3) is 0.458. The lowest BCUT2D eigenvalue weighted by atomic mass is 10.1. The van der Waals surface area contributed by atoms with Crippen LogP contribution in [-0.2, 0) is 9.53 Å². The summed E-state index contributed by atoms with van der Waals surface area (Å²) in [5.41, 5.74) is 1.23. The lowest BCUT2D eigenvalue weighted by Crippen LogP contribution is -2.56. The molecule has 3 rings (SSSR count). The van der Waals surface area contributed by atoms with Gasteiger partial charge in [0.1, 0.15) is 22.5 Å². The summed E-state index contributed by atoms with van der Waals surface area (Å²) in [6, 6.07) is 8.92. The molecule has 2 aromatic rings. The van der Waals surface area contributed by atoms with Crippen LogP contribution in [0.5, 0.6) is 0 Å². The number of hydrogen-bond donors (Lipinski definition) is 0. The molecule has 0 saturated carbocycles. The lowest BCUT2D eigenvalue weighted by Gasteiger charge is -2.40.